The summed E-state index contributed by atoms with van der Waals surface area (Å²) in [5.74, 6) is 0.964. The molecular formula is C26H22O5. The van der Waals surface area contributed by atoms with Crippen LogP contribution in [0.1, 0.15) is 44.3 Å². The van der Waals surface area contributed by atoms with Crippen molar-refractivity contribution in [3.63, 3.8) is 0 Å². The van der Waals surface area contributed by atoms with E-state index in [4.69, 9.17) is 14.2 Å². The summed E-state index contributed by atoms with van der Waals surface area (Å²) in [7, 11) is 0. The van der Waals surface area contributed by atoms with Crippen LogP contribution in [0.25, 0.3) is 6.08 Å². The first-order valence-corrected chi connectivity index (χ1v) is 10.1. The van der Waals surface area contributed by atoms with Gasteiger partial charge in [-0.3, -0.25) is 4.79 Å². The Morgan fingerprint density at radius 3 is 2.48 bits per heavy atom. The predicted molar refractivity (Wildman–Crippen MR) is 118 cm³/mol. The smallest absolute Gasteiger partial charge is 0.343 e. The third kappa shape index (κ3) is 3.94. The molecule has 0 aliphatic carbocycles. The van der Waals surface area contributed by atoms with E-state index in [0.29, 0.717) is 40.5 Å². The first kappa shape index (κ1) is 20.4. The highest BCUT2D eigenvalue weighted by Crippen LogP contribution is 2.40. The summed E-state index contributed by atoms with van der Waals surface area (Å²) in [4.78, 5) is 25.5. The number of esters is 1. The van der Waals surface area contributed by atoms with Gasteiger partial charge in [-0.15, -0.1) is 0 Å². The molecule has 3 aromatic carbocycles. The minimum Gasteiger partial charge on any atom is -0.493 e. The van der Waals surface area contributed by atoms with Crippen LogP contribution in [0, 0.1) is 13.8 Å². The van der Waals surface area contributed by atoms with E-state index in [1.807, 2.05) is 50.2 Å². The molecule has 0 spiro atoms. The van der Waals surface area contributed by atoms with Gasteiger partial charge in [0.1, 0.15) is 17.2 Å². The number of carbonyl (C=O) groups excluding carboxylic acids is 2. The Balaban J connectivity index is 1.63. The fraction of sp³-hybridized carbons (Fsp3) is 0.154. The van der Waals surface area contributed by atoms with Crippen LogP contribution >= 0.6 is 0 Å². The van der Waals surface area contributed by atoms with Crippen molar-refractivity contribution in [1.29, 1.82) is 0 Å². The summed E-state index contributed by atoms with van der Waals surface area (Å²) in [6, 6.07) is 17.9. The molecule has 3 aromatic rings. The standard InChI is InChI=1S/C26H22O5/c1-4-29-22-12-8-6-10-18(22)15-23-24(27)20-13-14-21(17(3)25(20)30-23)31-26(28)19-11-7-5-9-16(19)2/h5-15H,4H2,1-3H3/b23-15-. The Kier molecular flexibility index (Phi) is 5.58. The molecule has 0 saturated heterocycles. The van der Waals surface area contributed by atoms with Gasteiger partial charge in [-0.2, -0.15) is 0 Å². The van der Waals surface area contributed by atoms with Gasteiger partial charge in [-0.05, 0) is 56.7 Å². The van der Waals surface area contributed by atoms with Crippen LogP contribution in [0.15, 0.2) is 66.4 Å². The molecule has 4 rings (SSSR count). The number of fused-ring (bicyclic) bond motifs is 1. The van der Waals surface area contributed by atoms with Crippen molar-refractivity contribution in [2.24, 2.45) is 0 Å². The Labute approximate surface area is 180 Å². The van der Waals surface area contributed by atoms with Crippen LogP contribution in [0.5, 0.6) is 17.2 Å². The molecule has 156 valence electrons. The van der Waals surface area contributed by atoms with Crippen molar-refractivity contribution in [3.8, 4) is 17.2 Å². The maximum atomic E-state index is 12.9. The minimum atomic E-state index is -0.452. The lowest BCUT2D eigenvalue weighted by Gasteiger charge is -2.11. The zero-order valence-electron chi connectivity index (χ0n) is 17.6. The fourth-order valence-electron chi connectivity index (χ4n) is 3.46. The number of para-hydroxylation sites is 1. The van der Waals surface area contributed by atoms with Gasteiger partial charge < -0.3 is 14.2 Å². The highest BCUT2D eigenvalue weighted by atomic mass is 16.5. The molecule has 0 amide bonds. The summed E-state index contributed by atoms with van der Waals surface area (Å²) in [6.45, 7) is 6.04. The maximum absolute atomic E-state index is 12.9. The minimum absolute atomic E-state index is 0.202. The molecular weight excluding hydrogens is 392 g/mol. The van der Waals surface area contributed by atoms with E-state index in [0.717, 1.165) is 11.1 Å². The van der Waals surface area contributed by atoms with E-state index < -0.39 is 5.97 Å². The van der Waals surface area contributed by atoms with Gasteiger partial charge in [0.25, 0.3) is 0 Å². The summed E-state index contributed by atoms with van der Waals surface area (Å²) < 4.78 is 17.1. The second-order valence-corrected chi connectivity index (χ2v) is 7.18. The Morgan fingerprint density at radius 1 is 0.968 bits per heavy atom. The molecule has 1 aliphatic rings. The number of benzene rings is 3. The summed E-state index contributed by atoms with van der Waals surface area (Å²) in [5, 5.41) is 0. The number of hydrogen-bond acceptors (Lipinski definition) is 5. The SMILES string of the molecule is CCOc1ccccc1/C=C1\Oc2c(ccc(OC(=O)c3ccccc3C)c2C)C1=O. The fourth-order valence-corrected chi connectivity index (χ4v) is 3.46. The molecule has 5 heteroatoms. The average Bonchev–Trinajstić information content (AvgIpc) is 3.08. The Hall–Kier alpha value is -3.86. The number of aryl methyl sites for hydroxylation is 1. The van der Waals surface area contributed by atoms with Crippen molar-refractivity contribution >= 4 is 17.8 Å². The largest absolute Gasteiger partial charge is 0.493 e. The van der Waals surface area contributed by atoms with Gasteiger partial charge in [0.2, 0.25) is 5.78 Å². The van der Waals surface area contributed by atoms with Gasteiger partial charge >= 0.3 is 5.97 Å². The lowest BCUT2D eigenvalue weighted by Crippen LogP contribution is -2.11. The molecule has 0 saturated carbocycles. The van der Waals surface area contributed by atoms with Gasteiger partial charge in [-0.1, -0.05) is 36.4 Å². The van der Waals surface area contributed by atoms with E-state index in [2.05, 4.69) is 0 Å². The summed E-state index contributed by atoms with van der Waals surface area (Å²) >= 11 is 0. The molecule has 1 aliphatic heterocycles. The molecule has 1 heterocycles. The summed E-state index contributed by atoms with van der Waals surface area (Å²) in [6.07, 6.45) is 1.67. The van der Waals surface area contributed by atoms with Crippen LogP contribution < -0.4 is 14.2 Å². The van der Waals surface area contributed by atoms with Crippen molar-refractivity contribution in [2.45, 2.75) is 20.8 Å². The molecule has 0 radical (unpaired) electrons. The Morgan fingerprint density at radius 2 is 1.71 bits per heavy atom. The molecule has 0 fully saturated rings. The second-order valence-electron chi connectivity index (χ2n) is 7.18. The normalized spacial score (nSPS) is 13.6. The zero-order chi connectivity index (χ0) is 22.0. The molecule has 0 unspecified atom stereocenters. The number of ether oxygens (including phenoxy) is 3. The van der Waals surface area contributed by atoms with Gasteiger partial charge in [0, 0.05) is 11.1 Å². The van der Waals surface area contributed by atoms with E-state index >= 15 is 0 Å². The van der Waals surface area contributed by atoms with Crippen LogP contribution in [0.2, 0.25) is 0 Å². The lowest BCUT2D eigenvalue weighted by molar-refractivity contribution is 0.0732. The van der Waals surface area contributed by atoms with E-state index in [-0.39, 0.29) is 11.5 Å². The highest BCUT2D eigenvalue weighted by Gasteiger charge is 2.31. The molecule has 0 atom stereocenters. The third-order valence-electron chi connectivity index (χ3n) is 5.11. The first-order chi connectivity index (χ1) is 15.0. The number of hydrogen-bond donors (Lipinski definition) is 0. The number of allylic oxidation sites excluding steroid dienone is 1. The van der Waals surface area contributed by atoms with Gasteiger partial charge in [-0.25, -0.2) is 4.79 Å². The average molecular weight is 414 g/mol. The van der Waals surface area contributed by atoms with Crippen LogP contribution in [0.3, 0.4) is 0 Å². The van der Waals surface area contributed by atoms with E-state index in [1.54, 1.807) is 37.3 Å². The number of rotatable bonds is 5. The molecule has 0 aromatic heterocycles. The first-order valence-electron chi connectivity index (χ1n) is 10.1. The zero-order valence-corrected chi connectivity index (χ0v) is 17.6. The topological polar surface area (TPSA) is 61.8 Å². The monoisotopic (exact) mass is 414 g/mol. The lowest BCUT2D eigenvalue weighted by atomic mass is 10.1. The van der Waals surface area contributed by atoms with Crippen molar-refractivity contribution in [1.82, 2.24) is 0 Å². The second kappa shape index (κ2) is 8.48. The third-order valence-corrected chi connectivity index (χ3v) is 5.11. The molecule has 0 N–H and O–H groups in total. The van der Waals surface area contributed by atoms with Crippen LogP contribution in [-0.4, -0.2) is 18.4 Å². The van der Waals surface area contributed by atoms with Gasteiger partial charge in [0.15, 0.2) is 5.76 Å². The molecule has 5 nitrogen and oxygen atoms in total. The van der Waals surface area contributed by atoms with Crippen molar-refractivity contribution < 1.29 is 23.8 Å². The highest BCUT2D eigenvalue weighted by molar-refractivity contribution is 6.15. The summed E-state index contributed by atoms with van der Waals surface area (Å²) in [5.41, 5.74) is 3.11. The molecule has 0 bridgehead atoms. The van der Waals surface area contributed by atoms with Crippen molar-refractivity contribution in [2.75, 3.05) is 6.61 Å². The molecule has 31 heavy (non-hydrogen) atoms. The predicted octanol–water partition coefficient (Wildman–Crippen LogP) is 5.54. The van der Waals surface area contributed by atoms with Crippen LogP contribution in [-0.2, 0) is 0 Å². The van der Waals surface area contributed by atoms with E-state index in [1.165, 1.54) is 0 Å². The van der Waals surface area contributed by atoms with E-state index in [9.17, 15) is 9.59 Å². The van der Waals surface area contributed by atoms with Crippen molar-refractivity contribution in [3.05, 3.63) is 94.2 Å². The Bertz CT molecular complexity index is 1210. The maximum Gasteiger partial charge on any atom is 0.343 e. The number of Topliss-reactive ketones (excluding diaryl/α,β-unsaturated/α-hetero) is 1. The number of carbonyl (C=O) groups is 2. The quantitative estimate of drug-likeness (QED) is 0.312. The number of ketones is 1. The van der Waals surface area contributed by atoms with Gasteiger partial charge in [0.05, 0.1) is 17.7 Å². The van der Waals surface area contributed by atoms with Crippen LogP contribution in [0.4, 0.5) is 0 Å².